The van der Waals surface area contributed by atoms with Gasteiger partial charge in [-0.15, -0.1) is 11.6 Å². The first kappa shape index (κ1) is 19.2. The molecule has 0 aliphatic rings. The van der Waals surface area contributed by atoms with Gasteiger partial charge in [-0.3, -0.25) is 9.59 Å². The van der Waals surface area contributed by atoms with Gasteiger partial charge in [0, 0.05) is 37.2 Å². The lowest BCUT2D eigenvalue weighted by Gasteiger charge is -2.23. The van der Waals surface area contributed by atoms with E-state index < -0.39 is 0 Å². The highest BCUT2D eigenvalue weighted by Crippen LogP contribution is 2.13. The van der Waals surface area contributed by atoms with Crippen molar-refractivity contribution in [2.75, 3.05) is 11.9 Å². The van der Waals surface area contributed by atoms with Gasteiger partial charge in [0.2, 0.25) is 11.8 Å². The average Bonchev–Trinajstić information content (AvgIpc) is 2.45. The molecule has 23 heavy (non-hydrogen) atoms. The summed E-state index contributed by atoms with van der Waals surface area (Å²) in [6.45, 7) is 8.65. The minimum absolute atomic E-state index is 0.0443. The summed E-state index contributed by atoms with van der Waals surface area (Å²) in [6.07, 6.45) is 3.23. The maximum atomic E-state index is 12.3. The van der Waals surface area contributed by atoms with Crippen LogP contribution in [-0.4, -0.2) is 28.6 Å². The van der Waals surface area contributed by atoms with Crippen molar-refractivity contribution in [2.24, 2.45) is 5.92 Å². The molecule has 1 rings (SSSR count). The summed E-state index contributed by atoms with van der Waals surface area (Å²) in [5, 5.41) is 2.56. The van der Waals surface area contributed by atoms with E-state index in [1.165, 1.54) is 13.0 Å². The summed E-state index contributed by atoms with van der Waals surface area (Å²) >= 11 is 5.86. The molecular formula is C18H25ClN2O2. The number of carbonyl (C=O) groups is 2. The third kappa shape index (κ3) is 7.84. The van der Waals surface area contributed by atoms with Gasteiger partial charge in [0.1, 0.15) is 0 Å². The van der Waals surface area contributed by atoms with E-state index in [1.54, 1.807) is 11.0 Å². The predicted octanol–water partition coefficient (Wildman–Crippen LogP) is 3.81. The second-order valence-electron chi connectivity index (χ2n) is 6.03. The molecule has 0 fully saturated rings. The van der Waals surface area contributed by atoms with Gasteiger partial charge in [-0.05, 0) is 30.5 Å². The zero-order valence-electron chi connectivity index (χ0n) is 14.2. The normalized spacial score (nSPS) is 12.4. The first-order valence-corrected chi connectivity index (χ1v) is 8.19. The van der Waals surface area contributed by atoms with Gasteiger partial charge < -0.3 is 10.2 Å². The molecule has 5 heteroatoms. The van der Waals surface area contributed by atoms with Crippen LogP contribution in [0.4, 0.5) is 5.69 Å². The summed E-state index contributed by atoms with van der Waals surface area (Å²) < 4.78 is 0. The summed E-state index contributed by atoms with van der Waals surface area (Å²) in [5.74, 6) is 0.228. The maximum Gasteiger partial charge on any atom is 0.246 e. The van der Waals surface area contributed by atoms with Crippen LogP contribution >= 0.6 is 11.6 Å². The second kappa shape index (κ2) is 9.36. The Bertz CT molecular complexity index is 551. The van der Waals surface area contributed by atoms with Crippen LogP contribution in [0.3, 0.4) is 0 Å². The van der Waals surface area contributed by atoms with Gasteiger partial charge >= 0.3 is 0 Å². The van der Waals surface area contributed by atoms with Crippen LogP contribution < -0.4 is 5.32 Å². The molecule has 0 aliphatic heterocycles. The number of nitrogens with zero attached hydrogens (tertiary/aromatic N) is 1. The first-order valence-electron chi connectivity index (χ1n) is 7.75. The molecule has 126 valence electrons. The van der Waals surface area contributed by atoms with E-state index in [0.29, 0.717) is 19.0 Å². The first-order chi connectivity index (χ1) is 10.8. The Kier molecular flexibility index (Phi) is 7.83. The third-order valence-corrected chi connectivity index (χ3v) is 3.19. The molecule has 0 radical (unpaired) electrons. The fraction of sp³-hybridized carbons (Fsp3) is 0.444. The number of hydrogen-bond acceptors (Lipinski definition) is 2. The average molecular weight is 337 g/mol. The van der Waals surface area contributed by atoms with Crippen molar-refractivity contribution in [3.05, 3.63) is 42.0 Å². The smallest absolute Gasteiger partial charge is 0.246 e. The number of allylic oxidation sites excluding steroid dienone is 1. The third-order valence-electron chi connectivity index (χ3n) is 3.05. The summed E-state index contributed by atoms with van der Waals surface area (Å²) in [7, 11) is 0. The number of benzene rings is 1. The van der Waals surface area contributed by atoms with Crippen LogP contribution in [0.1, 0.15) is 33.3 Å². The van der Waals surface area contributed by atoms with Gasteiger partial charge in [0.25, 0.3) is 0 Å². The fourth-order valence-electron chi connectivity index (χ4n) is 2.11. The van der Waals surface area contributed by atoms with Crippen molar-refractivity contribution < 1.29 is 9.59 Å². The SMILES string of the molecule is CC(=O)Nc1ccc(CN(CC(C)C)C(=O)/C=C/C(C)Cl)cc1. The summed E-state index contributed by atoms with van der Waals surface area (Å²) in [6, 6.07) is 7.51. The zero-order chi connectivity index (χ0) is 17.4. The van der Waals surface area contributed by atoms with Gasteiger partial charge in [-0.25, -0.2) is 0 Å². The quantitative estimate of drug-likeness (QED) is 0.608. The van der Waals surface area contributed by atoms with Gasteiger partial charge in [0.15, 0.2) is 0 Å². The lowest BCUT2D eigenvalue weighted by atomic mass is 10.1. The topological polar surface area (TPSA) is 49.4 Å². The lowest BCUT2D eigenvalue weighted by molar-refractivity contribution is -0.127. The Morgan fingerprint density at radius 2 is 1.83 bits per heavy atom. The van der Waals surface area contributed by atoms with E-state index in [0.717, 1.165) is 11.3 Å². The van der Waals surface area contributed by atoms with Crippen molar-refractivity contribution in [3.63, 3.8) is 0 Å². The molecule has 4 nitrogen and oxygen atoms in total. The standard InChI is InChI=1S/C18H25ClN2O2/c1-13(2)11-21(18(23)10-5-14(3)19)12-16-6-8-17(9-7-16)20-15(4)22/h5-10,13-14H,11-12H2,1-4H3,(H,20,22)/b10-5+. The van der Waals surface area contributed by atoms with Crippen molar-refractivity contribution in [2.45, 2.75) is 39.6 Å². The van der Waals surface area contributed by atoms with Gasteiger partial charge in [0.05, 0.1) is 0 Å². The predicted molar refractivity (Wildman–Crippen MR) is 95.5 cm³/mol. The van der Waals surface area contributed by atoms with E-state index in [4.69, 9.17) is 11.6 Å². The Morgan fingerprint density at radius 1 is 1.22 bits per heavy atom. The molecule has 0 heterocycles. The van der Waals surface area contributed by atoms with E-state index >= 15 is 0 Å². The number of amides is 2. The number of alkyl halides is 1. The number of rotatable bonds is 7. The molecule has 0 aromatic heterocycles. The molecule has 0 aliphatic carbocycles. The molecule has 0 bridgehead atoms. The largest absolute Gasteiger partial charge is 0.335 e. The molecule has 1 unspecified atom stereocenters. The van der Waals surface area contributed by atoms with Crippen LogP contribution in [-0.2, 0) is 16.1 Å². The summed E-state index contributed by atoms with van der Waals surface area (Å²) in [5.41, 5.74) is 1.76. The molecule has 2 amide bonds. The number of hydrogen-bond donors (Lipinski definition) is 1. The second-order valence-corrected chi connectivity index (χ2v) is 6.72. The molecular weight excluding hydrogens is 312 g/mol. The van der Waals surface area contributed by atoms with Crippen molar-refractivity contribution in [1.82, 2.24) is 4.90 Å². The number of nitrogens with one attached hydrogen (secondary N) is 1. The molecule has 1 atom stereocenters. The maximum absolute atomic E-state index is 12.3. The van der Waals surface area contributed by atoms with Crippen LogP contribution in [0.25, 0.3) is 0 Å². The highest BCUT2D eigenvalue weighted by atomic mass is 35.5. The van der Waals surface area contributed by atoms with E-state index in [1.807, 2.05) is 31.2 Å². The molecule has 1 aromatic carbocycles. The van der Waals surface area contributed by atoms with Crippen LogP contribution in [0.5, 0.6) is 0 Å². The number of carbonyl (C=O) groups excluding carboxylic acids is 2. The number of anilines is 1. The minimum atomic E-state index is -0.170. The number of halogens is 1. The van der Waals surface area contributed by atoms with Crippen molar-refractivity contribution >= 4 is 29.1 Å². The summed E-state index contributed by atoms with van der Waals surface area (Å²) in [4.78, 5) is 25.2. The van der Waals surface area contributed by atoms with Gasteiger partial charge in [-0.2, -0.15) is 0 Å². The molecule has 1 N–H and O–H groups in total. The van der Waals surface area contributed by atoms with Crippen molar-refractivity contribution in [1.29, 1.82) is 0 Å². The van der Waals surface area contributed by atoms with Crippen molar-refractivity contribution in [3.8, 4) is 0 Å². The van der Waals surface area contributed by atoms with Crippen LogP contribution in [0, 0.1) is 5.92 Å². The monoisotopic (exact) mass is 336 g/mol. The zero-order valence-corrected chi connectivity index (χ0v) is 14.9. The molecule has 0 saturated heterocycles. The Morgan fingerprint density at radius 3 is 2.30 bits per heavy atom. The minimum Gasteiger partial charge on any atom is -0.335 e. The van der Waals surface area contributed by atoms with Crippen LogP contribution in [0.15, 0.2) is 36.4 Å². The fourth-order valence-corrected chi connectivity index (χ4v) is 2.18. The Labute approximate surface area is 143 Å². The van der Waals surface area contributed by atoms with E-state index in [9.17, 15) is 9.59 Å². The Balaban J connectivity index is 2.80. The highest BCUT2D eigenvalue weighted by molar-refractivity contribution is 6.21. The molecule has 1 aromatic rings. The Hall–Kier alpha value is -1.81. The van der Waals surface area contributed by atoms with E-state index in [-0.39, 0.29) is 17.2 Å². The van der Waals surface area contributed by atoms with Crippen LogP contribution in [0.2, 0.25) is 0 Å². The highest BCUT2D eigenvalue weighted by Gasteiger charge is 2.13. The lowest BCUT2D eigenvalue weighted by Crippen LogP contribution is -2.32. The van der Waals surface area contributed by atoms with E-state index in [2.05, 4.69) is 19.2 Å². The van der Waals surface area contributed by atoms with Gasteiger partial charge in [-0.1, -0.05) is 32.1 Å². The molecule has 0 saturated carbocycles. The molecule has 0 spiro atoms.